The molecule has 0 radical (unpaired) electrons. The molecule has 0 spiro atoms. The standard InChI is InChI=1S/C12H16BrN3O/c1-16-12(17)11(13)10(6-14-16)15-9-5-7-2-3-8(9)4-7/h6-9,15H,2-5H2,1H3. The molecule has 3 unspecified atom stereocenters. The van der Waals surface area contributed by atoms with Crippen LogP contribution in [0, 0.1) is 11.8 Å². The van der Waals surface area contributed by atoms with Crippen LogP contribution in [-0.4, -0.2) is 15.8 Å². The highest BCUT2D eigenvalue weighted by molar-refractivity contribution is 9.10. The maximum Gasteiger partial charge on any atom is 0.282 e. The van der Waals surface area contributed by atoms with E-state index < -0.39 is 0 Å². The summed E-state index contributed by atoms with van der Waals surface area (Å²) in [6.07, 6.45) is 7.05. The van der Waals surface area contributed by atoms with Gasteiger partial charge in [0.05, 0.1) is 11.9 Å². The summed E-state index contributed by atoms with van der Waals surface area (Å²) in [5, 5.41) is 7.54. The van der Waals surface area contributed by atoms with Crippen molar-refractivity contribution in [3.05, 3.63) is 21.0 Å². The van der Waals surface area contributed by atoms with Gasteiger partial charge in [0.15, 0.2) is 0 Å². The lowest BCUT2D eigenvalue weighted by molar-refractivity contribution is 0.439. The van der Waals surface area contributed by atoms with E-state index in [0.717, 1.165) is 17.5 Å². The van der Waals surface area contributed by atoms with Crippen LogP contribution in [0.5, 0.6) is 0 Å². The number of halogens is 1. The van der Waals surface area contributed by atoms with Crippen molar-refractivity contribution in [3.63, 3.8) is 0 Å². The van der Waals surface area contributed by atoms with E-state index in [1.165, 1.54) is 30.4 Å². The largest absolute Gasteiger partial charge is 0.380 e. The molecular formula is C12H16BrN3O. The first-order valence-corrected chi connectivity index (χ1v) is 6.93. The topological polar surface area (TPSA) is 46.9 Å². The number of aromatic nitrogens is 2. The monoisotopic (exact) mass is 297 g/mol. The Morgan fingerprint density at radius 1 is 1.47 bits per heavy atom. The second-order valence-corrected chi connectivity index (χ2v) is 6.02. The Bertz CT molecular complexity index is 499. The molecule has 1 heterocycles. The summed E-state index contributed by atoms with van der Waals surface area (Å²) >= 11 is 3.36. The number of hydrogen-bond acceptors (Lipinski definition) is 3. The lowest BCUT2D eigenvalue weighted by atomic mass is 9.95. The molecule has 0 aliphatic heterocycles. The van der Waals surface area contributed by atoms with Crippen LogP contribution in [0.15, 0.2) is 15.5 Å². The Morgan fingerprint density at radius 3 is 2.94 bits per heavy atom. The van der Waals surface area contributed by atoms with Crippen molar-refractivity contribution in [2.75, 3.05) is 5.32 Å². The summed E-state index contributed by atoms with van der Waals surface area (Å²) in [5.41, 5.74) is 0.754. The molecule has 2 saturated carbocycles. The van der Waals surface area contributed by atoms with Crippen LogP contribution in [-0.2, 0) is 7.05 Å². The highest BCUT2D eigenvalue weighted by Crippen LogP contribution is 2.45. The molecule has 2 bridgehead atoms. The van der Waals surface area contributed by atoms with Gasteiger partial charge in [0.25, 0.3) is 5.56 Å². The van der Waals surface area contributed by atoms with Gasteiger partial charge in [-0.3, -0.25) is 4.79 Å². The lowest BCUT2D eigenvalue weighted by Crippen LogP contribution is -2.28. The van der Waals surface area contributed by atoms with Crippen molar-refractivity contribution in [1.82, 2.24) is 9.78 Å². The molecule has 3 rings (SSSR count). The van der Waals surface area contributed by atoms with Gasteiger partial charge in [-0.05, 0) is 47.0 Å². The summed E-state index contributed by atoms with van der Waals surface area (Å²) < 4.78 is 1.94. The number of hydrogen-bond donors (Lipinski definition) is 1. The first-order chi connectivity index (χ1) is 8.15. The van der Waals surface area contributed by atoms with E-state index >= 15 is 0 Å². The second-order valence-electron chi connectivity index (χ2n) is 5.23. The SMILES string of the molecule is Cn1ncc(NC2CC3CCC2C3)c(Br)c1=O. The minimum Gasteiger partial charge on any atom is -0.380 e. The number of aryl methyl sites for hydroxylation is 1. The van der Waals surface area contributed by atoms with Gasteiger partial charge in [-0.25, -0.2) is 4.68 Å². The number of nitrogens with zero attached hydrogens (tertiary/aromatic N) is 2. The molecule has 17 heavy (non-hydrogen) atoms. The van der Waals surface area contributed by atoms with E-state index in [9.17, 15) is 4.79 Å². The molecule has 0 saturated heterocycles. The number of anilines is 1. The number of fused-ring (bicyclic) bond motifs is 2. The molecule has 1 aromatic rings. The maximum absolute atomic E-state index is 11.7. The average molecular weight is 298 g/mol. The van der Waals surface area contributed by atoms with Crippen LogP contribution < -0.4 is 10.9 Å². The highest BCUT2D eigenvalue weighted by atomic mass is 79.9. The third-order valence-corrected chi connectivity index (χ3v) is 4.92. The van der Waals surface area contributed by atoms with Crippen LogP contribution in [0.1, 0.15) is 25.7 Å². The van der Waals surface area contributed by atoms with E-state index in [2.05, 4.69) is 26.3 Å². The minimum atomic E-state index is -0.0850. The average Bonchev–Trinajstić information content (AvgIpc) is 2.92. The van der Waals surface area contributed by atoms with E-state index in [0.29, 0.717) is 10.5 Å². The smallest absolute Gasteiger partial charge is 0.282 e. The molecule has 1 N–H and O–H groups in total. The first kappa shape index (κ1) is 11.3. The Labute approximate surface area is 109 Å². The molecule has 2 aliphatic carbocycles. The van der Waals surface area contributed by atoms with Crippen LogP contribution >= 0.6 is 15.9 Å². The normalized spacial score (nSPS) is 30.8. The zero-order valence-electron chi connectivity index (χ0n) is 9.82. The molecular weight excluding hydrogens is 282 g/mol. The Kier molecular flexibility index (Phi) is 2.73. The fourth-order valence-electron chi connectivity index (χ4n) is 3.23. The van der Waals surface area contributed by atoms with Crippen molar-refractivity contribution in [2.45, 2.75) is 31.7 Å². The van der Waals surface area contributed by atoms with Gasteiger partial charge >= 0.3 is 0 Å². The van der Waals surface area contributed by atoms with Crippen LogP contribution in [0.4, 0.5) is 5.69 Å². The Morgan fingerprint density at radius 2 is 2.29 bits per heavy atom. The molecule has 0 amide bonds. The Balaban J connectivity index is 1.82. The third kappa shape index (κ3) is 1.90. The summed E-state index contributed by atoms with van der Waals surface area (Å²) in [5.74, 6) is 1.69. The van der Waals surface area contributed by atoms with E-state index in [1.807, 2.05) is 0 Å². The van der Waals surface area contributed by atoms with Crippen molar-refractivity contribution in [3.8, 4) is 0 Å². The van der Waals surface area contributed by atoms with Crippen molar-refractivity contribution >= 4 is 21.6 Å². The predicted octanol–water partition coefficient (Wildman–Crippen LogP) is 2.14. The van der Waals surface area contributed by atoms with Gasteiger partial charge in [-0.1, -0.05) is 6.42 Å². The molecule has 0 aromatic carbocycles. The second kappa shape index (κ2) is 4.12. The summed E-state index contributed by atoms with van der Waals surface area (Å²) in [7, 11) is 1.66. The zero-order chi connectivity index (χ0) is 12.0. The van der Waals surface area contributed by atoms with Gasteiger partial charge in [-0.2, -0.15) is 5.10 Å². The van der Waals surface area contributed by atoms with Crippen molar-refractivity contribution < 1.29 is 0 Å². The van der Waals surface area contributed by atoms with E-state index in [4.69, 9.17) is 0 Å². The van der Waals surface area contributed by atoms with Gasteiger partial charge < -0.3 is 5.32 Å². The molecule has 1 aromatic heterocycles. The third-order valence-electron chi connectivity index (χ3n) is 4.16. The molecule has 2 fully saturated rings. The van der Waals surface area contributed by atoms with Gasteiger partial charge in [-0.15, -0.1) is 0 Å². The molecule has 4 nitrogen and oxygen atoms in total. The quantitative estimate of drug-likeness (QED) is 0.910. The summed E-state index contributed by atoms with van der Waals surface area (Å²) in [4.78, 5) is 11.7. The number of nitrogens with one attached hydrogen (secondary N) is 1. The fourth-order valence-corrected chi connectivity index (χ4v) is 3.71. The van der Waals surface area contributed by atoms with Crippen molar-refractivity contribution in [2.24, 2.45) is 18.9 Å². The Hall–Kier alpha value is -0.840. The van der Waals surface area contributed by atoms with Crippen molar-refractivity contribution in [1.29, 1.82) is 0 Å². The molecule has 2 aliphatic rings. The summed E-state index contributed by atoms with van der Waals surface area (Å²) in [6.45, 7) is 0. The number of rotatable bonds is 2. The maximum atomic E-state index is 11.7. The fraction of sp³-hybridized carbons (Fsp3) is 0.667. The zero-order valence-corrected chi connectivity index (χ0v) is 11.4. The van der Waals surface area contributed by atoms with E-state index in [1.54, 1.807) is 13.2 Å². The highest BCUT2D eigenvalue weighted by Gasteiger charge is 2.39. The van der Waals surface area contributed by atoms with Crippen LogP contribution in [0.3, 0.4) is 0 Å². The van der Waals surface area contributed by atoms with Crippen LogP contribution in [0.2, 0.25) is 0 Å². The molecule has 5 heteroatoms. The van der Waals surface area contributed by atoms with E-state index in [-0.39, 0.29) is 5.56 Å². The van der Waals surface area contributed by atoms with Gasteiger partial charge in [0.2, 0.25) is 0 Å². The molecule has 3 atom stereocenters. The van der Waals surface area contributed by atoms with Gasteiger partial charge in [0.1, 0.15) is 4.47 Å². The minimum absolute atomic E-state index is 0.0850. The lowest BCUT2D eigenvalue weighted by Gasteiger charge is -2.24. The first-order valence-electron chi connectivity index (χ1n) is 6.13. The van der Waals surface area contributed by atoms with Gasteiger partial charge in [0, 0.05) is 13.1 Å². The molecule has 92 valence electrons. The predicted molar refractivity (Wildman–Crippen MR) is 70.0 cm³/mol. The summed E-state index contributed by atoms with van der Waals surface area (Å²) in [6, 6.07) is 0.527. The van der Waals surface area contributed by atoms with Crippen LogP contribution in [0.25, 0.3) is 0 Å².